The minimum Gasteiger partial charge on any atom is -0.493 e. The summed E-state index contributed by atoms with van der Waals surface area (Å²) in [7, 11) is 1.50. The van der Waals surface area contributed by atoms with Crippen molar-refractivity contribution in [1.29, 1.82) is 0 Å². The molecule has 212 valence electrons. The Hall–Kier alpha value is -3.46. The van der Waals surface area contributed by atoms with E-state index in [0.717, 1.165) is 11.1 Å². The number of pyridine rings is 1. The van der Waals surface area contributed by atoms with Crippen LogP contribution in [0.5, 0.6) is 5.75 Å². The number of anilines is 1. The summed E-state index contributed by atoms with van der Waals surface area (Å²) in [6, 6.07) is 8.27. The van der Waals surface area contributed by atoms with Crippen LogP contribution in [0.2, 0.25) is 0 Å². The first-order valence-electron chi connectivity index (χ1n) is 12.8. The predicted molar refractivity (Wildman–Crippen MR) is 165 cm³/mol. The molecule has 4 aromatic rings. The quantitative estimate of drug-likeness (QED) is 0.0943. The average Bonchev–Trinajstić information content (AvgIpc) is 3.45. The molecule has 5 rings (SSSR count). The molecule has 3 atom stereocenters. The fourth-order valence-corrected chi connectivity index (χ4v) is 6.24. The zero-order valence-corrected chi connectivity index (χ0v) is 26.5. The normalized spacial score (nSPS) is 18.5. The largest absolute Gasteiger partial charge is 0.493 e. The highest BCUT2D eigenvalue weighted by atomic mass is 127. The zero-order valence-electron chi connectivity index (χ0n) is 22.8. The van der Waals surface area contributed by atoms with Gasteiger partial charge in [0, 0.05) is 30.3 Å². The van der Waals surface area contributed by atoms with Crippen LogP contribution in [-0.4, -0.2) is 64.4 Å². The number of carbonyl (C=O) groups is 3. The Morgan fingerprint density at radius 3 is 2.56 bits per heavy atom. The molecule has 41 heavy (non-hydrogen) atoms. The first-order valence-corrected chi connectivity index (χ1v) is 14.9. The van der Waals surface area contributed by atoms with Crippen molar-refractivity contribution in [1.82, 2.24) is 29.6 Å². The van der Waals surface area contributed by atoms with Crippen molar-refractivity contribution < 1.29 is 19.1 Å². The number of benzene rings is 1. The van der Waals surface area contributed by atoms with Gasteiger partial charge in [0.15, 0.2) is 17.4 Å². The van der Waals surface area contributed by atoms with Crippen molar-refractivity contribution in [3.05, 3.63) is 58.8 Å². The van der Waals surface area contributed by atoms with Crippen molar-refractivity contribution in [2.24, 2.45) is 5.92 Å². The van der Waals surface area contributed by atoms with E-state index in [1.54, 1.807) is 29.4 Å². The lowest BCUT2D eigenvalue weighted by molar-refractivity contribution is -0.137. The van der Waals surface area contributed by atoms with Gasteiger partial charge in [0.05, 0.1) is 16.7 Å². The average molecular weight is 732 g/mol. The molecular formula is C28H27BrIN7O4. The van der Waals surface area contributed by atoms with Crippen LogP contribution < -0.4 is 10.1 Å². The number of ether oxygens (including phenoxy) is 1. The summed E-state index contributed by atoms with van der Waals surface area (Å²) in [5.74, 6) is 0.568. The van der Waals surface area contributed by atoms with Gasteiger partial charge in [-0.25, -0.2) is 15.0 Å². The molecule has 1 N–H and O–H groups in total. The number of methoxy groups -OCH3 is 1. The molecular weight excluding hydrogens is 705 g/mol. The molecule has 1 aliphatic rings. The summed E-state index contributed by atoms with van der Waals surface area (Å²) in [5, 5.41) is 7.98. The molecule has 0 bridgehead atoms. The van der Waals surface area contributed by atoms with Crippen LogP contribution >= 0.6 is 38.5 Å². The summed E-state index contributed by atoms with van der Waals surface area (Å²) in [6.07, 6.45) is 3.94. The van der Waals surface area contributed by atoms with Crippen LogP contribution in [0.25, 0.3) is 22.0 Å². The third-order valence-electron chi connectivity index (χ3n) is 7.03. The molecule has 4 heterocycles. The fraction of sp³-hybridized carbons (Fsp3) is 0.321. The van der Waals surface area contributed by atoms with Gasteiger partial charge in [-0.15, -0.1) is 0 Å². The van der Waals surface area contributed by atoms with Gasteiger partial charge in [-0.1, -0.05) is 35.6 Å². The van der Waals surface area contributed by atoms with E-state index in [1.807, 2.05) is 32.0 Å². The van der Waals surface area contributed by atoms with E-state index in [1.165, 1.54) is 18.7 Å². The predicted octanol–water partition coefficient (Wildman–Crippen LogP) is 4.81. The number of Topliss-reactive ketones (excluding diaryl/α,β-unsaturated/α-hetero) is 1. The lowest BCUT2D eigenvalue weighted by atomic mass is 10.0. The van der Waals surface area contributed by atoms with Gasteiger partial charge in [-0.05, 0) is 65.0 Å². The third kappa shape index (κ3) is 5.82. The molecule has 0 aliphatic carbocycles. The summed E-state index contributed by atoms with van der Waals surface area (Å²) < 4.78 is 7.20. The Labute approximate surface area is 258 Å². The summed E-state index contributed by atoms with van der Waals surface area (Å²) in [5.41, 5.74) is 2.55. The van der Waals surface area contributed by atoms with Crippen molar-refractivity contribution in [2.75, 3.05) is 12.4 Å². The second-order valence-corrected chi connectivity index (χ2v) is 12.0. The molecule has 13 heteroatoms. The number of ketones is 1. The highest BCUT2D eigenvalue weighted by Gasteiger charge is 2.44. The fourth-order valence-electron chi connectivity index (χ4n) is 4.94. The molecule has 1 aliphatic heterocycles. The Balaban J connectivity index is 1.44. The second kappa shape index (κ2) is 11.8. The number of likely N-dealkylation sites (tertiary alicyclic amines) is 1. The van der Waals surface area contributed by atoms with Crippen LogP contribution in [-0.2, 0) is 16.1 Å². The van der Waals surface area contributed by atoms with Gasteiger partial charge >= 0.3 is 0 Å². The van der Waals surface area contributed by atoms with Crippen LogP contribution in [0.1, 0.15) is 36.6 Å². The zero-order chi connectivity index (χ0) is 29.4. The Morgan fingerprint density at radius 2 is 1.88 bits per heavy atom. The molecule has 3 aromatic heterocycles. The van der Waals surface area contributed by atoms with E-state index < -0.39 is 6.04 Å². The molecule has 0 spiro atoms. The summed E-state index contributed by atoms with van der Waals surface area (Å²) in [4.78, 5) is 54.2. The number of carbonyl (C=O) groups excluding carboxylic acids is 3. The van der Waals surface area contributed by atoms with Gasteiger partial charge in [-0.3, -0.25) is 19.1 Å². The van der Waals surface area contributed by atoms with Crippen molar-refractivity contribution in [3.63, 3.8) is 0 Å². The SMILES string of the molecule is COc1ccc(Br)nc1NC(=O)[C@@H]1C[C@H](C)[C@@H](I)N1C(=O)Cn1nc(C(C)=O)c2cc(-c3cnc(C)nc3)ccc21. The maximum Gasteiger partial charge on any atom is 0.248 e. The molecule has 0 saturated carbocycles. The third-order valence-corrected chi connectivity index (χ3v) is 9.30. The lowest BCUT2D eigenvalue weighted by Gasteiger charge is -2.27. The monoisotopic (exact) mass is 731 g/mol. The van der Waals surface area contributed by atoms with Gasteiger partial charge < -0.3 is 15.0 Å². The van der Waals surface area contributed by atoms with Crippen molar-refractivity contribution in [3.8, 4) is 16.9 Å². The van der Waals surface area contributed by atoms with Crippen LogP contribution in [0.3, 0.4) is 0 Å². The summed E-state index contributed by atoms with van der Waals surface area (Å²) in [6.45, 7) is 5.14. The number of rotatable bonds is 7. The smallest absolute Gasteiger partial charge is 0.248 e. The minimum absolute atomic E-state index is 0.0779. The number of nitrogens with zero attached hydrogens (tertiary/aromatic N) is 6. The van der Waals surface area contributed by atoms with Crippen LogP contribution in [0.15, 0.2) is 47.3 Å². The number of fused-ring (bicyclic) bond motifs is 1. The maximum atomic E-state index is 13.8. The number of halogens is 2. The molecule has 1 fully saturated rings. The number of aryl methyl sites for hydroxylation is 1. The van der Waals surface area contributed by atoms with Crippen molar-refractivity contribution >= 4 is 72.8 Å². The highest BCUT2D eigenvalue weighted by molar-refractivity contribution is 14.1. The van der Waals surface area contributed by atoms with Crippen LogP contribution in [0, 0.1) is 12.8 Å². The van der Waals surface area contributed by atoms with Gasteiger partial charge in [-0.2, -0.15) is 5.10 Å². The first kappa shape index (κ1) is 29.0. The number of hydrogen-bond acceptors (Lipinski definition) is 8. The number of amides is 2. The summed E-state index contributed by atoms with van der Waals surface area (Å²) >= 11 is 5.52. The molecule has 2 amide bonds. The second-order valence-electron chi connectivity index (χ2n) is 9.89. The van der Waals surface area contributed by atoms with E-state index >= 15 is 0 Å². The van der Waals surface area contributed by atoms with E-state index in [2.05, 4.69) is 63.9 Å². The van der Waals surface area contributed by atoms with Gasteiger partial charge in [0.25, 0.3) is 0 Å². The van der Waals surface area contributed by atoms with E-state index in [9.17, 15) is 14.4 Å². The van der Waals surface area contributed by atoms with E-state index in [0.29, 0.717) is 33.5 Å². The highest BCUT2D eigenvalue weighted by Crippen LogP contribution is 2.36. The number of aromatic nitrogens is 5. The van der Waals surface area contributed by atoms with E-state index in [-0.39, 0.29) is 45.6 Å². The molecule has 1 saturated heterocycles. The van der Waals surface area contributed by atoms with Crippen molar-refractivity contribution in [2.45, 2.75) is 43.8 Å². The Kier molecular flexibility index (Phi) is 8.36. The topological polar surface area (TPSA) is 132 Å². The molecule has 11 nitrogen and oxygen atoms in total. The number of hydrogen-bond donors (Lipinski definition) is 1. The van der Waals surface area contributed by atoms with E-state index in [4.69, 9.17) is 4.74 Å². The Bertz CT molecular complexity index is 1660. The maximum absolute atomic E-state index is 13.8. The molecule has 0 unspecified atom stereocenters. The van der Waals surface area contributed by atoms with Gasteiger partial charge in [0.2, 0.25) is 11.8 Å². The minimum atomic E-state index is -0.716. The van der Waals surface area contributed by atoms with Crippen LogP contribution in [0.4, 0.5) is 5.82 Å². The molecule has 1 aromatic carbocycles. The standard InChI is InChI=1S/C28H27BrIN7O4/c1-14-9-21(28(40)34-27-22(41-4)7-8-23(29)33-27)37(26(14)30)24(39)13-36-20-6-5-17(18-11-31-16(3)32-12-18)10-19(20)25(35-36)15(2)38/h5-8,10-12,14,21,26H,9,13H2,1-4H3,(H,33,34,40)/t14-,21-,26-/m0/s1. The number of alkyl halides is 1. The van der Waals surface area contributed by atoms with Gasteiger partial charge in [0.1, 0.15) is 28.7 Å². The Morgan fingerprint density at radius 1 is 1.15 bits per heavy atom. The lowest BCUT2D eigenvalue weighted by Crippen LogP contribution is -2.47. The first-order chi connectivity index (χ1) is 19.6. The molecule has 0 radical (unpaired) electrons. The number of nitrogens with one attached hydrogen (secondary N) is 1.